The lowest BCUT2D eigenvalue weighted by Crippen LogP contribution is -2.38. The van der Waals surface area contributed by atoms with Crippen LogP contribution in [0.5, 0.6) is 5.75 Å². The number of nitrogens with one attached hydrogen (secondary N) is 1. The van der Waals surface area contributed by atoms with Crippen molar-refractivity contribution in [2.75, 3.05) is 11.9 Å². The smallest absolute Gasteiger partial charge is 0.322 e. The van der Waals surface area contributed by atoms with E-state index < -0.39 is 0 Å². The van der Waals surface area contributed by atoms with Crippen LogP contribution in [0, 0.1) is 13.8 Å². The molecule has 0 bridgehead atoms. The largest absolute Gasteiger partial charge is 0.494 e. The Morgan fingerprint density at radius 3 is 2.68 bits per heavy atom. The van der Waals surface area contributed by atoms with Gasteiger partial charge in [-0.3, -0.25) is 0 Å². The molecule has 4 aromatic rings. The predicted molar refractivity (Wildman–Crippen MR) is 150 cm³/mol. The molecule has 1 aliphatic heterocycles. The van der Waals surface area contributed by atoms with E-state index in [-0.39, 0.29) is 12.1 Å². The highest BCUT2D eigenvalue weighted by molar-refractivity contribution is 7.15. The average molecular weight is 512 g/mol. The first-order chi connectivity index (χ1) is 18.0. The van der Waals surface area contributed by atoms with E-state index in [0.29, 0.717) is 13.2 Å². The molecule has 2 aliphatic rings. The van der Waals surface area contributed by atoms with Gasteiger partial charge in [-0.1, -0.05) is 24.3 Å². The van der Waals surface area contributed by atoms with Gasteiger partial charge >= 0.3 is 6.03 Å². The molecule has 0 saturated carbocycles. The van der Waals surface area contributed by atoms with Crippen molar-refractivity contribution in [2.45, 2.75) is 59.0 Å². The van der Waals surface area contributed by atoms with Crippen molar-refractivity contribution in [1.29, 1.82) is 0 Å². The Balaban J connectivity index is 1.48. The summed E-state index contributed by atoms with van der Waals surface area (Å²) in [5.74, 6) is 0.842. The number of nitrogens with zero attached hydrogens (tertiary/aromatic N) is 2. The lowest BCUT2D eigenvalue weighted by atomic mass is 9.95. The van der Waals surface area contributed by atoms with Crippen molar-refractivity contribution >= 4 is 23.1 Å². The summed E-state index contributed by atoms with van der Waals surface area (Å²) >= 11 is 1.91. The van der Waals surface area contributed by atoms with E-state index in [9.17, 15) is 4.79 Å². The van der Waals surface area contributed by atoms with Crippen LogP contribution >= 0.6 is 11.3 Å². The van der Waals surface area contributed by atoms with E-state index in [2.05, 4.69) is 65.5 Å². The highest BCUT2D eigenvalue weighted by atomic mass is 32.1. The van der Waals surface area contributed by atoms with Gasteiger partial charge in [-0.05, 0) is 99.0 Å². The number of aromatic nitrogens is 1. The summed E-state index contributed by atoms with van der Waals surface area (Å²) in [6, 6.07) is 18.4. The molecule has 2 aromatic heterocycles. The second kappa shape index (κ2) is 9.75. The fourth-order valence-corrected chi connectivity index (χ4v) is 7.11. The van der Waals surface area contributed by atoms with Crippen LogP contribution < -0.4 is 10.1 Å². The summed E-state index contributed by atoms with van der Waals surface area (Å²) in [5.41, 5.74) is 8.00. The summed E-state index contributed by atoms with van der Waals surface area (Å²) in [7, 11) is 0. The van der Waals surface area contributed by atoms with E-state index in [1.807, 2.05) is 42.2 Å². The van der Waals surface area contributed by atoms with E-state index >= 15 is 0 Å². The lowest BCUT2D eigenvalue weighted by molar-refractivity contribution is 0.194. The van der Waals surface area contributed by atoms with Gasteiger partial charge in [0.25, 0.3) is 0 Å². The average Bonchev–Trinajstić information content (AvgIpc) is 3.49. The number of anilines is 1. The maximum Gasteiger partial charge on any atom is 0.322 e. The van der Waals surface area contributed by atoms with Gasteiger partial charge in [0.1, 0.15) is 10.8 Å². The molecule has 0 spiro atoms. The standard InChI is InChI=1S/C31H33N3O2S/c1-4-36-23-15-13-22(14-16-23)29-27-9-7-17-33(27)30-25(24-8-5-6-10-28(24)37-30)19-34(29)31(35)32-26-18-20(2)11-12-21(26)3/h7,9,11-18,29H,4-6,8,10,19H2,1-3H3,(H,32,35)/t29-/m1/s1. The molecule has 0 saturated heterocycles. The zero-order valence-corrected chi connectivity index (χ0v) is 22.5. The Labute approximate surface area is 222 Å². The molecular weight excluding hydrogens is 478 g/mol. The number of carbonyl (C=O) groups is 1. The number of rotatable bonds is 4. The topological polar surface area (TPSA) is 46.5 Å². The number of benzene rings is 2. The second-order valence-corrected chi connectivity index (χ2v) is 11.2. The molecule has 5 nitrogen and oxygen atoms in total. The molecule has 0 radical (unpaired) electrons. The molecule has 0 fully saturated rings. The molecule has 6 heteroatoms. The van der Waals surface area contributed by atoms with Crippen molar-refractivity contribution in [2.24, 2.45) is 0 Å². The number of carbonyl (C=O) groups excluding carboxylic acids is 1. The molecule has 190 valence electrons. The first kappa shape index (κ1) is 23.9. The lowest BCUT2D eigenvalue weighted by Gasteiger charge is -2.32. The molecule has 2 amide bonds. The highest BCUT2D eigenvalue weighted by Gasteiger charge is 2.36. The number of urea groups is 1. The third-order valence-corrected chi connectivity index (χ3v) is 8.91. The number of hydrogen-bond acceptors (Lipinski definition) is 3. The minimum absolute atomic E-state index is 0.0797. The number of aryl methyl sites for hydroxylation is 3. The van der Waals surface area contributed by atoms with Crippen LogP contribution in [0.4, 0.5) is 10.5 Å². The van der Waals surface area contributed by atoms with Crippen molar-refractivity contribution in [3.05, 3.63) is 99.2 Å². The van der Waals surface area contributed by atoms with Crippen LogP contribution in [0.25, 0.3) is 5.00 Å². The normalized spacial score (nSPS) is 16.4. The van der Waals surface area contributed by atoms with Crippen LogP contribution in [0.3, 0.4) is 0 Å². The molecule has 6 rings (SSSR count). The Hall–Kier alpha value is -3.51. The number of fused-ring (bicyclic) bond motifs is 5. The van der Waals surface area contributed by atoms with Crippen LogP contribution in [-0.4, -0.2) is 22.1 Å². The summed E-state index contributed by atoms with van der Waals surface area (Å²) in [6.07, 6.45) is 6.85. The van der Waals surface area contributed by atoms with Gasteiger partial charge in [-0.15, -0.1) is 11.3 Å². The third kappa shape index (κ3) is 4.33. The van der Waals surface area contributed by atoms with Crippen LogP contribution in [0.1, 0.15) is 64.2 Å². The van der Waals surface area contributed by atoms with Crippen molar-refractivity contribution in [3.8, 4) is 10.8 Å². The van der Waals surface area contributed by atoms with Crippen molar-refractivity contribution < 1.29 is 9.53 Å². The van der Waals surface area contributed by atoms with Crippen LogP contribution in [0.15, 0.2) is 60.8 Å². The summed E-state index contributed by atoms with van der Waals surface area (Å²) in [4.78, 5) is 17.7. The van der Waals surface area contributed by atoms with E-state index in [1.54, 1.807) is 0 Å². The van der Waals surface area contributed by atoms with Crippen molar-refractivity contribution in [1.82, 2.24) is 9.47 Å². The zero-order valence-electron chi connectivity index (χ0n) is 21.7. The number of thiophene rings is 1. The summed E-state index contributed by atoms with van der Waals surface area (Å²) in [5, 5.41) is 4.53. The van der Waals surface area contributed by atoms with Gasteiger partial charge in [0.05, 0.1) is 24.9 Å². The Morgan fingerprint density at radius 1 is 1.05 bits per heavy atom. The molecule has 3 heterocycles. The van der Waals surface area contributed by atoms with Gasteiger partial charge in [-0.25, -0.2) is 4.79 Å². The predicted octanol–water partition coefficient (Wildman–Crippen LogP) is 7.57. The zero-order chi connectivity index (χ0) is 25.5. The van der Waals surface area contributed by atoms with Gasteiger partial charge in [0, 0.05) is 22.3 Å². The minimum atomic E-state index is -0.227. The fraction of sp³-hybridized carbons (Fsp3) is 0.323. The first-order valence-electron chi connectivity index (χ1n) is 13.2. The maximum absolute atomic E-state index is 14.2. The Bertz CT molecular complexity index is 1450. The first-order valence-corrected chi connectivity index (χ1v) is 14.0. The molecule has 0 unspecified atom stereocenters. The molecule has 1 N–H and O–H groups in total. The van der Waals surface area contributed by atoms with Crippen LogP contribution in [0.2, 0.25) is 0 Å². The molecule has 2 aromatic carbocycles. The summed E-state index contributed by atoms with van der Waals surface area (Å²) < 4.78 is 8.03. The molecule has 1 aliphatic carbocycles. The number of amides is 2. The van der Waals surface area contributed by atoms with E-state index in [1.165, 1.54) is 33.8 Å². The minimum Gasteiger partial charge on any atom is -0.494 e. The van der Waals surface area contributed by atoms with Gasteiger partial charge in [-0.2, -0.15) is 0 Å². The molecule has 1 atom stereocenters. The molecular formula is C31H33N3O2S. The number of ether oxygens (including phenoxy) is 1. The fourth-order valence-electron chi connectivity index (χ4n) is 5.71. The third-order valence-electron chi connectivity index (χ3n) is 7.58. The van der Waals surface area contributed by atoms with Crippen molar-refractivity contribution in [3.63, 3.8) is 0 Å². The molecule has 37 heavy (non-hydrogen) atoms. The highest BCUT2D eigenvalue weighted by Crippen LogP contribution is 2.44. The second-order valence-electron chi connectivity index (χ2n) is 10.1. The van der Waals surface area contributed by atoms with E-state index in [4.69, 9.17) is 4.74 Å². The quantitative estimate of drug-likeness (QED) is 0.307. The Kier molecular flexibility index (Phi) is 6.29. The van der Waals surface area contributed by atoms with Gasteiger partial charge in [0.15, 0.2) is 0 Å². The SMILES string of the molecule is CCOc1ccc([C@@H]2c3cccn3-c3sc4c(c3CN2C(=O)Nc2cc(C)ccc2C)CCCC4)cc1. The maximum atomic E-state index is 14.2. The van der Waals surface area contributed by atoms with Crippen LogP contribution in [-0.2, 0) is 19.4 Å². The Morgan fingerprint density at radius 2 is 1.86 bits per heavy atom. The van der Waals surface area contributed by atoms with Gasteiger partial charge < -0.3 is 19.5 Å². The monoisotopic (exact) mass is 511 g/mol. The number of hydrogen-bond donors (Lipinski definition) is 1. The van der Waals surface area contributed by atoms with Gasteiger partial charge in [0.2, 0.25) is 0 Å². The summed E-state index contributed by atoms with van der Waals surface area (Å²) in [6.45, 7) is 7.30. The van der Waals surface area contributed by atoms with E-state index in [0.717, 1.165) is 46.7 Å².